The number of benzene rings is 1. The van der Waals surface area contributed by atoms with Crippen LogP contribution in [0.2, 0.25) is 0 Å². The number of amides is 1. The average molecular weight is 422 g/mol. The smallest absolute Gasteiger partial charge is 0.251 e. The molecule has 2 aliphatic heterocycles. The maximum absolute atomic E-state index is 12.7. The molecule has 3 aliphatic rings. The summed E-state index contributed by atoms with van der Waals surface area (Å²) in [6.45, 7) is 0. The van der Waals surface area contributed by atoms with Crippen LogP contribution in [0.4, 0.5) is 5.69 Å². The fourth-order valence-electron chi connectivity index (χ4n) is 4.15. The van der Waals surface area contributed by atoms with Crippen molar-refractivity contribution < 1.29 is 13.2 Å². The molecule has 1 aromatic carbocycles. The van der Waals surface area contributed by atoms with Crippen molar-refractivity contribution in [2.24, 2.45) is 4.99 Å². The topological polar surface area (TPSA) is 87.6 Å². The summed E-state index contributed by atoms with van der Waals surface area (Å²) in [6.07, 6.45) is 8.31. The highest BCUT2D eigenvalue weighted by Crippen LogP contribution is 2.34. The molecular formula is C20H27N3O3S2. The third kappa shape index (κ3) is 4.89. The lowest BCUT2D eigenvalue weighted by atomic mass is 9.96. The highest BCUT2D eigenvalue weighted by Gasteiger charge is 2.42. The van der Waals surface area contributed by atoms with E-state index in [1.807, 2.05) is 24.3 Å². The molecule has 1 aliphatic carbocycles. The number of thioether (sulfide) groups is 1. The van der Waals surface area contributed by atoms with Crippen LogP contribution in [0.15, 0.2) is 29.3 Å². The number of sulfone groups is 1. The van der Waals surface area contributed by atoms with Gasteiger partial charge < -0.3 is 10.6 Å². The molecule has 0 bridgehead atoms. The highest BCUT2D eigenvalue weighted by molar-refractivity contribution is 8.15. The Morgan fingerprint density at radius 3 is 2.57 bits per heavy atom. The summed E-state index contributed by atoms with van der Waals surface area (Å²) in [6, 6.07) is 7.55. The summed E-state index contributed by atoms with van der Waals surface area (Å²) in [5.74, 6) is 0.304. The number of carbonyl (C=O) groups is 1. The molecule has 1 saturated heterocycles. The minimum absolute atomic E-state index is 0.0123. The van der Waals surface area contributed by atoms with Crippen LogP contribution in [-0.2, 0) is 9.84 Å². The van der Waals surface area contributed by atoms with Gasteiger partial charge in [-0.05, 0) is 31.0 Å². The molecule has 1 saturated carbocycles. The number of nitrogens with one attached hydrogen (secondary N) is 2. The van der Waals surface area contributed by atoms with Crippen molar-refractivity contribution in [3.63, 3.8) is 0 Å². The maximum Gasteiger partial charge on any atom is 0.251 e. The van der Waals surface area contributed by atoms with Crippen molar-refractivity contribution >= 4 is 38.4 Å². The van der Waals surface area contributed by atoms with Crippen LogP contribution >= 0.6 is 11.8 Å². The van der Waals surface area contributed by atoms with Crippen LogP contribution in [0.1, 0.15) is 55.3 Å². The van der Waals surface area contributed by atoms with Gasteiger partial charge in [0.2, 0.25) is 0 Å². The molecular weight excluding hydrogens is 394 g/mol. The van der Waals surface area contributed by atoms with Gasteiger partial charge in [-0.3, -0.25) is 9.79 Å². The predicted molar refractivity (Wildman–Crippen MR) is 115 cm³/mol. The first-order valence-electron chi connectivity index (χ1n) is 10.1. The SMILES string of the molecule is O=C(NC1CCCCCCC1)c1cccc(NC2=N[C@H]3CS(=O)(=O)C[C@@H]3S2)c1. The second-order valence-electron chi connectivity index (χ2n) is 7.96. The number of fused-ring (bicyclic) bond motifs is 1. The van der Waals surface area contributed by atoms with Crippen LogP contribution in [0.5, 0.6) is 0 Å². The van der Waals surface area contributed by atoms with Crippen LogP contribution in [-0.4, -0.2) is 48.3 Å². The summed E-state index contributed by atoms with van der Waals surface area (Å²) in [7, 11) is -2.95. The maximum atomic E-state index is 12.7. The Morgan fingerprint density at radius 1 is 1.07 bits per heavy atom. The first-order valence-corrected chi connectivity index (χ1v) is 12.8. The summed E-state index contributed by atoms with van der Waals surface area (Å²) in [5, 5.41) is 7.20. The lowest BCUT2D eigenvalue weighted by Crippen LogP contribution is -2.35. The van der Waals surface area contributed by atoms with E-state index in [2.05, 4.69) is 15.6 Å². The van der Waals surface area contributed by atoms with Gasteiger partial charge in [0.15, 0.2) is 15.0 Å². The fourth-order valence-corrected chi connectivity index (χ4v) is 7.82. The van der Waals surface area contributed by atoms with Crippen molar-refractivity contribution in [2.45, 2.75) is 62.3 Å². The number of carbonyl (C=O) groups excluding carboxylic acids is 1. The lowest BCUT2D eigenvalue weighted by molar-refractivity contribution is 0.0930. The number of amidine groups is 1. The van der Waals surface area contributed by atoms with E-state index in [4.69, 9.17) is 0 Å². The zero-order chi connectivity index (χ0) is 19.6. The molecule has 2 N–H and O–H groups in total. The Bertz CT molecular complexity index is 861. The van der Waals surface area contributed by atoms with Crippen LogP contribution in [0.3, 0.4) is 0 Å². The second kappa shape index (κ2) is 8.45. The van der Waals surface area contributed by atoms with Crippen molar-refractivity contribution in [3.8, 4) is 0 Å². The first-order chi connectivity index (χ1) is 13.5. The number of anilines is 1. The number of rotatable bonds is 3. The van der Waals surface area contributed by atoms with Crippen LogP contribution in [0, 0.1) is 0 Å². The van der Waals surface area contributed by atoms with E-state index in [1.54, 1.807) is 0 Å². The van der Waals surface area contributed by atoms with Gasteiger partial charge >= 0.3 is 0 Å². The van der Waals surface area contributed by atoms with Gasteiger partial charge in [0.25, 0.3) is 5.91 Å². The normalized spacial score (nSPS) is 27.4. The van der Waals surface area contributed by atoms with Crippen molar-refractivity contribution in [3.05, 3.63) is 29.8 Å². The monoisotopic (exact) mass is 421 g/mol. The summed E-state index contributed by atoms with van der Waals surface area (Å²) in [5.41, 5.74) is 1.44. The van der Waals surface area contributed by atoms with E-state index < -0.39 is 9.84 Å². The van der Waals surface area contributed by atoms with Crippen molar-refractivity contribution in [1.29, 1.82) is 0 Å². The zero-order valence-electron chi connectivity index (χ0n) is 15.9. The molecule has 28 heavy (non-hydrogen) atoms. The average Bonchev–Trinajstić information content (AvgIpc) is 3.09. The number of hydrogen-bond acceptors (Lipinski definition) is 6. The van der Waals surface area contributed by atoms with E-state index >= 15 is 0 Å². The number of nitrogens with zero attached hydrogens (tertiary/aromatic N) is 1. The van der Waals surface area contributed by atoms with E-state index in [0.717, 1.165) is 23.7 Å². The van der Waals surface area contributed by atoms with E-state index in [-0.39, 0.29) is 34.7 Å². The summed E-state index contributed by atoms with van der Waals surface area (Å²) in [4.78, 5) is 17.2. The van der Waals surface area contributed by atoms with Gasteiger partial charge in [-0.2, -0.15) is 0 Å². The Hall–Kier alpha value is -1.54. The minimum atomic E-state index is -2.95. The molecule has 152 valence electrons. The van der Waals surface area contributed by atoms with Gasteiger partial charge in [0, 0.05) is 22.5 Å². The Balaban J connectivity index is 1.37. The molecule has 4 rings (SSSR count). The number of aliphatic imine (C=N–C) groups is 1. The summed E-state index contributed by atoms with van der Waals surface area (Å²) < 4.78 is 23.4. The molecule has 0 spiro atoms. The van der Waals surface area contributed by atoms with Gasteiger partial charge in [0.1, 0.15) is 0 Å². The molecule has 2 heterocycles. The van der Waals surface area contributed by atoms with Crippen molar-refractivity contribution in [1.82, 2.24) is 5.32 Å². The molecule has 1 aromatic rings. The molecule has 8 heteroatoms. The molecule has 0 radical (unpaired) electrons. The van der Waals surface area contributed by atoms with E-state index in [0.29, 0.717) is 5.56 Å². The Morgan fingerprint density at radius 2 is 1.82 bits per heavy atom. The largest absolute Gasteiger partial charge is 0.349 e. The van der Waals surface area contributed by atoms with E-state index in [1.165, 1.54) is 43.9 Å². The zero-order valence-corrected chi connectivity index (χ0v) is 17.5. The van der Waals surface area contributed by atoms with Gasteiger partial charge in [-0.15, -0.1) is 0 Å². The standard InChI is InChI=1S/C20H27N3O3S2/c24-19(21-15-8-4-2-1-3-5-9-15)14-7-6-10-16(11-14)22-20-23-17-12-28(25,26)13-18(17)27-20/h6-7,10-11,15,17-18H,1-5,8-9,12-13H2,(H,21,24)(H,22,23)/t17-,18-/m0/s1. The van der Waals surface area contributed by atoms with Gasteiger partial charge in [-0.1, -0.05) is 49.9 Å². The first kappa shape index (κ1) is 19.8. The molecule has 0 aromatic heterocycles. The van der Waals surface area contributed by atoms with Gasteiger partial charge in [0.05, 0.1) is 17.5 Å². The summed E-state index contributed by atoms with van der Waals surface area (Å²) >= 11 is 1.48. The third-order valence-corrected chi connectivity index (χ3v) is 8.78. The molecule has 2 fully saturated rings. The van der Waals surface area contributed by atoms with Crippen LogP contribution < -0.4 is 10.6 Å². The second-order valence-corrected chi connectivity index (χ2v) is 11.3. The quantitative estimate of drug-likeness (QED) is 0.782. The molecule has 1 amide bonds. The lowest BCUT2D eigenvalue weighted by Gasteiger charge is -2.21. The van der Waals surface area contributed by atoms with Crippen molar-refractivity contribution in [2.75, 3.05) is 16.8 Å². The molecule has 2 atom stereocenters. The minimum Gasteiger partial charge on any atom is -0.349 e. The fraction of sp³-hybridized carbons (Fsp3) is 0.600. The predicted octanol–water partition coefficient (Wildman–Crippen LogP) is 3.21. The highest BCUT2D eigenvalue weighted by atomic mass is 32.2. The Labute approximate surface area is 170 Å². The third-order valence-electron chi connectivity index (χ3n) is 5.63. The Kier molecular flexibility index (Phi) is 5.96. The molecule has 0 unspecified atom stereocenters. The van der Waals surface area contributed by atoms with E-state index in [9.17, 15) is 13.2 Å². The molecule has 6 nitrogen and oxygen atoms in total. The van der Waals surface area contributed by atoms with Gasteiger partial charge in [-0.25, -0.2) is 8.42 Å². The van der Waals surface area contributed by atoms with Crippen LogP contribution in [0.25, 0.3) is 0 Å². The number of hydrogen-bond donors (Lipinski definition) is 2.